The number of hydrogen-bond acceptors (Lipinski definition) is 4. The van der Waals surface area contributed by atoms with Gasteiger partial charge in [0, 0.05) is 45.2 Å². The van der Waals surface area contributed by atoms with Crippen LogP contribution >= 0.6 is 23.4 Å². The lowest BCUT2D eigenvalue weighted by atomic mass is 10.1. The second-order valence-electron chi connectivity index (χ2n) is 9.77. The van der Waals surface area contributed by atoms with Crippen LogP contribution in [0.25, 0.3) is 0 Å². The average molecular weight is 532 g/mol. The van der Waals surface area contributed by atoms with Crippen LogP contribution in [-0.4, -0.2) is 30.3 Å². The Morgan fingerprint density at radius 1 is 0.946 bits per heavy atom. The van der Waals surface area contributed by atoms with Crippen LogP contribution in [0.15, 0.2) is 76.5 Å². The molecule has 0 bridgehead atoms. The predicted molar refractivity (Wildman–Crippen MR) is 147 cm³/mol. The molecule has 0 radical (unpaired) electrons. The SMILES string of the molecule is O=C(Nc1ccc2c(c1)Sc1ccccc1C(=O)N2C1CCCC1)[C@@H]1CC(=O)N(c2cccc(Cl)c2)C1. The van der Waals surface area contributed by atoms with E-state index in [1.165, 1.54) is 0 Å². The Morgan fingerprint density at radius 3 is 2.57 bits per heavy atom. The minimum absolute atomic E-state index is 0.0381. The molecule has 6 rings (SSSR count). The van der Waals surface area contributed by atoms with Crippen LogP contribution in [0.1, 0.15) is 42.5 Å². The third-order valence-corrected chi connectivity index (χ3v) is 8.71. The third kappa shape index (κ3) is 4.62. The second kappa shape index (κ2) is 9.88. The number of anilines is 3. The Bertz CT molecular complexity index is 1400. The third-order valence-electron chi connectivity index (χ3n) is 7.35. The van der Waals surface area contributed by atoms with Gasteiger partial charge in [0.2, 0.25) is 11.8 Å². The maximum atomic E-state index is 13.6. The monoisotopic (exact) mass is 531 g/mol. The number of carbonyl (C=O) groups is 3. The normalized spacial score (nSPS) is 19.5. The van der Waals surface area contributed by atoms with Crippen molar-refractivity contribution in [3.8, 4) is 0 Å². The Hall–Kier alpha value is -3.29. The van der Waals surface area contributed by atoms with Gasteiger partial charge in [0.25, 0.3) is 5.91 Å². The number of nitrogens with one attached hydrogen (secondary N) is 1. The van der Waals surface area contributed by atoms with Gasteiger partial charge in [-0.05, 0) is 61.4 Å². The summed E-state index contributed by atoms with van der Waals surface area (Å²) in [5, 5.41) is 3.57. The highest BCUT2D eigenvalue weighted by Gasteiger charge is 2.36. The van der Waals surface area contributed by atoms with Crippen LogP contribution in [-0.2, 0) is 9.59 Å². The van der Waals surface area contributed by atoms with E-state index in [0.29, 0.717) is 28.5 Å². The molecule has 3 amide bonds. The highest BCUT2D eigenvalue weighted by Crippen LogP contribution is 2.45. The van der Waals surface area contributed by atoms with Gasteiger partial charge in [-0.25, -0.2) is 0 Å². The van der Waals surface area contributed by atoms with Crippen LogP contribution < -0.4 is 15.1 Å². The van der Waals surface area contributed by atoms with Gasteiger partial charge >= 0.3 is 0 Å². The van der Waals surface area contributed by atoms with Crippen molar-refractivity contribution in [3.05, 3.63) is 77.3 Å². The van der Waals surface area contributed by atoms with Crippen molar-refractivity contribution in [3.63, 3.8) is 0 Å². The molecule has 3 aromatic rings. The average Bonchev–Trinajstić information content (AvgIpc) is 3.53. The highest BCUT2D eigenvalue weighted by molar-refractivity contribution is 7.99. The molecular weight excluding hydrogens is 506 g/mol. The van der Waals surface area contributed by atoms with E-state index < -0.39 is 5.92 Å². The number of halogens is 1. The number of hydrogen-bond donors (Lipinski definition) is 1. The van der Waals surface area contributed by atoms with E-state index in [2.05, 4.69) is 5.32 Å². The first-order chi connectivity index (χ1) is 18.0. The zero-order chi connectivity index (χ0) is 25.5. The largest absolute Gasteiger partial charge is 0.326 e. The van der Waals surface area contributed by atoms with Crippen LogP contribution in [0.3, 0.4) is 0 Å². The summed E-state index contributed by atoms with van der Waals surface area (Å²) in [6.45, 7) is 0.308. The molecule has 1 N–H and O–H groups in total. The lowest BCUT2D eigenvalue weighted by molar-refractivity contribution is -0.122. The Labute approximate surface area is 225 Å². The van der Waals surface area contributed by atoms with Gasteiger partial charge in [-0.1, -0.05) is 54.4 Å². The zero-order valence-electron chi connectivity index (χ0n) is 20.2. The van der Waals surface area contributed by atoms with Crippen molar-refractivity contribution in [2.24, 2.45) is 5.92 Å². The number of benzene rings is 3. The van der Waals surface area contributed by atoms with E-state index in [9.17, 15) is 14.4 Å². The summed E-state index contributed by atoms with van der Waals surface area (Å²) in [7, 11) is 0. The van der Waals surface area contributed by atoms with E-state index >= 15 is 0 Å². The van der Waals surface area contributed by atoms with E-state index in [1.54, 1.807) is 34.9 Å². The number of fused-ring (bicyclic) bond motifs is 2. The Kier molecular flexibility index (Phi) is 6.42. The maximum Gasteiger partial charge on any atom is 0.259 e. The summed E-state index contributed by atoms with van der Waals surface area (Å²) in [5.74, 6) is -0.714. The standard InChI is InChI=1S/C29H26ClN3O3S/c30-19-6-5-9-22(15-19)32-17-18(14-27(32)34)28(35)31-20-12-13-24-26(16-20)37-25-11-4-3-10-23(25)29(36)33(24)21-7-1-2-8-21/h3-6,9-13,15-16,18,21H,1-2,7-8,14,17H2,(H,31,35)/t18-/m1/s1. The fraction of sp³-hybridized carbons (Fsp3) is 0.276. The van der Waals surface area contributed by atoms with E-state index in [4.69, 9.17) is 11.6 Å². The summed E-state index contributed by atoms with van der Waals surface area (Å²) in [5.41, 5.74) is 2.96. The van der Waals surface area contributed by atoms with Gasteiger partial charge in [0.05, 0.1) is 17.2 Å². The number of rotatable bonds is 4. The smallest absolute Gasteiger partial charge is 0.259 e. The van der Waals surface area contributed by atoms with Gasteiger partial charge < -0.3 is 15.1 Å². The molecule has 2 heterocycles. The molecule has 3 aliphatic rings. The maximum absolute atomic E-state index is 13.6. The lowest BCUT2D eigenvalue weighted by Gasteiger charge is -2.29. The van der Waals surface area contributed by atoms with Crippen molar-refractivity contribution in [2.45, 2.75) is 47.9 Å². The van der Waals surface area contributed by atoms with E-state index in [-0.39, 0.29) is 30.2 Å². The minimum Gasteiger partial charge on any atom is -0.326 e. The molecule has 2 aliphatic heterocycles. The fourth-order valence-electron chi connectivity index (χ4n) is 5.51. The molecule has 3 aromatic carbocycles. The predicted octanol–water partition coefficient (Wildman–Crippen LogP) is 6.39. The molecule has 8 heteroatoms. The van der Waals surface area contributed by atoms with Crippen molar-refractivity contribution < 1.29 is 14.4 Å². The zero-order valence-corrected chi connectivity index (χ0v) is 21.7. The molecule has 1 saturated carbocycles. The topological polar surface area (TPSA) is 69.7 Å². The van der Waals surface area contributed by atoms with Gasteiger partial charge in [-0.3, -0.25) is 14.4 Å². The summed E-state index contributed by atoms with van der Waals surface area (Å²) in [6.07, 6.45) is 4.39. The van der Waals surface area contributed by atoms with Crippen LogP contribution in [0.4, 0.5) is 17.1 Å². The Balaban J connectivity index is 1.25. The lowest BCUT2D eigenvalue weighted by Crippen LogP contribution is -2.39. The van der Waals surface area contributed by atoms with Crippen LogP contribution in [0.5, 0.6) is 0 Å². The summed E-state index contributed by atoms with van der Waals surface area (Å²) in [6, 6.07) is 20.7. The van der Waals surface area contributed by atoms with Crippen molar-refractivity contribution in [1.29, 1.82) is 0 Å². The summed E-state index contributed by atoms with van der Waals surface area (Å²) >= 11 is 7.65. The summed E-state index contributed by atoms with van der Waals surface area (Å²) < 4.78 is 0. The molecule has 1 saturated heterocycles. The van der Waals surface area contributed by atoms with Crippen molar-refractivity contribution >= 4 is 58.1 Å². The first kappa shape index (κ1) is 24.1. The van der Waals surface area contributed by atoms with E-state index in [0.717, 1.165) is 41.2 Å². The molecule has 0 aromatic heterocycles. The Morgan fingerprint density at radius 2 is 1.76 bits per heavy atom. The fourth-order valence-corrected chi connectivity index (χ4v) is 6.80. The molecule has 1 atom stereocenters. The van der Waals surface area contributed by atoms with Crippen molar-refractivity contribution in [1.82, 2.24) is 0 Å². The molecule has 2 fully saturated rings. The number of amides is 3. The first-order valence-corrected chi connectivity index (χ1v) is 13.8. The quantitative estimate of drug-likeness (QED) is 0.424. The minimum atomic E-state index is -0.463. The summed E-state index contributed by atoms with van der Waals surface area (Å²) in [4.78, 5) is 44.9. The van der Waals surface area contributed by atoms with Crippen LogP contribution in [0, 0.1) is 5.92 Å². The molecule has 1 aliphatic carbocycles. The van der Waals surface area contributed by atoms with Gasteiger partial charge in [0.1, 0.15) is 0 Å². The first-order valence-electron chi connectivity index (χ1n) is 12.6. The second-order valence-corrected chi connectivity index (χ2v) is 11.3. The number of nitrogens with zero attached hydrogens (tertiary/aromatic N) is 2. The molecule has 0 unspecified atom stereocenters. The molecule has 0 spiro atoms. The number of carbonyl (C=O) groups excluding carboxylic acids is 3. The van der Waals surface area contributed by atoms with Gasteiger partial charge in [-0.2, -0.15) is 0 Å². The van der Waals surface area contributed by atoms with Gasteiger partial charge in [0.15, 0.2) is 0 Å². The molecule has 37 heavy (non-hydrogen) atoms. The molecular formula is C29H26ClN3O3S. The van der Waals surface area contributed by atoms with Crippen LogP contribution in [0.2, 0.25) is 5.02 Å². The molecule has 188 valence electrons. The van der Waals surface area contributed by atoms with Gasteiger partial charge in [-0.15, -0.1) is 0 Å². The van der Waals surface area contributed by atoms with Crippen molar-refractivity contribution in [2.75, 3.05) is 21.7 Å². The van der Waals surface area contributed by atoms with E-state index in [1.807, 2.05) is 53.4 Å². The molecule has 6 nitrogen and oxygen atoms in total. The highest BCUT2D eigenvalue weighted by atomic mass is 35.5.